The van der Waals surface area contributed by atoms with Crippen molar-refractivity contribution in [2.45, 2.75) is 0 Å². The van der Waals surface area contributed by atoms with Gasteiger partial charge in [-0.15, -0.1) is 0 Å². The molecule has 2 aromatic rings. The first-order valence-electron chi connectivity index (χ1n) is 5.74. The van der Waals surface area contributed by atoms with E-state index in [1.165, 1.54) is 0 Å². The summed E-state index contributed by atoms with van der Waals surface area (Å²) in [5.74, 6) is 0.273. The zero-order valence-electron chi connectivity index (χ0n) is 9.13. The SMILES string of the molecule is [O-]n1c2c(c3ccccc31)=CC1C=CC=CC=21. The van der Waals surface area contributed by atoms with Gasteiger partial charge in [0.1, 0.15) is 0 Å². The topological polar surface area (TPSA) is 28.0 Å². The van der Waals surface area contributed by atoms with Crippen molar-refractivity contribution >= 4 is 22.6 Å². The lowest BCUT2D eigenvalue weighted by atomic mass is 9.98. The molecule has 0 saturated heterocycles. The van der Waals surface area contributed by atoms with Crippen LogP contribution in [0, 0.1) is 11.1 Å². The average Bonchev–Trinajstić information content (AvgIpc) is 2.88. The van der Waals surface area contributed by atoms with Gasteiger partial charge in [0.15, 0.2) is 0 Å². The maximum absolute atomic E-state index is 12.3. The Morgan fingerprint density at radius 1 is 1.12 bits per heavy atom. The van der Waals surface area contributed by atoms with Gasteiger partial charge in [-0.05, 0) is 11.6 Å². The molecule has 0 N–H and O–H groups in total. The Labute approximate surface area is 98.1 Å². The van der Waals surface area contributed by atoms with Crippen molar-refractivity contribution in [1.29, 1.82) is 0 Å². The minimum Gasteiger partial charge on any atom is -0.805 e. The number of benzene rings is 1. The van der Waals surface area contributed by atoms with E-state index in [0.29, 0.717) is 0 Å². The van der Waals surface area contributed by atoms with Crippen molar-refractivity contribution in [2.24, 2.45) is 5.92 Å². The van der Waals surface area contributed by atoms with Crippen LogP contribution >= 0.6 is 0 Å². The summed E-state index contributed by atoms with van der Waals surface area (Å²) in [6.07, 6.45) is 10.4. The van der Waals surface area contributed by atoms with E-state index < -0.39 is 0 Å². The Morgan fingerprint density at radius 2 is 2.00 bits per heavy atom. The molecule has 2 heteroatoms. The molecule has 0 saturated carbocycles. The summed E-state index contributed by atoms with van der Waals surface area (Å²) in [6, 6.07) is 7.79. The summed E-state index contributed by atoms with van der Waals surface area (Å²) in [5, 5.41) is 15.3. The Bertz CT molecular complexity index is 805. The summed E-state index contributed by atoms with van der Waals surface area (Å²) in [4.78, 5) is 0. The number of allylic oxidation sites excluding steroid dienone is 4. The van der Waals surface area contributed by atoms with Crippen LogP contribution in [0.3, 0.4) is 0 Å². The zero-order valence-corrected chi connectivity index (χ0v) is 9.13. The molecular weight excluding hydrogens is 210 g/mol. The zero-order chi connectivity index (χ0) is 11.4. The van der Waals surface area contributed by atoms with E-state index in [1.54, 1.807) is 0 Å². The molecule has 2 aliphatic carbocycles. The van der Waals surface area contributed by atoms with Gasteiger partial charge < -0.3 is 9.94 Å². The summed E-state index contributed by atoms with van der Waals surface area (Å²) in [5.41, 5.74) is 1.89. The van der Waals surface area contributed by atoms with Crippen LogP contribution in [-0.4, -0.2) is 4.73 Å². The van der Waals surface area contributed by atoms with E-state index in [-0.39, 0.29) is 5.92 Å². The maximum atomic E-state index is 12.3. The lowest BCUT2D eigenvalue weighted by Crippen LogP contribution is -2.26. The van der Waals surface area contributed by atoms with E-state index in [4.69, 9.17) is 0 Å². The minimum atomic E-state index is 0.273. The lowest BCUT2D eigenvalue weighted by molar-refractivity contribution is 1.07. The lowest BCUT2D eigenvalue weighted by Gasteiger charge is -2.13. The van der Waals surface area contributed by atoms with Gasteiger partial charge in [-0.3, -0.25) is 0 Å². The van der Waals surface area contributed by atoms with E-state index in [2.05, 4.69) is 12.2 Å². The van der Waals surface area contributed by atoms with Crippen molar-refractivity contribution in [3.05, 3.63) is 64.3 Å². The first-order valence-corrected chi connectivity index (χ1v) is 5.74. The van der Waals surface area contributed by atoms with Gasteiger partial charge in [0.2, 0.25) is 0 Å². The summed E-state index contributed by atoms with van der Waals surface area (Å²) < 4.78 is 1.07. The molecule has 1 atom stereocenters. The maximum Gasteiger partial charge on any atom is 0.0482 e. The van der Waals surface area contributed by atoms with Crippen LogP contribution < -0.4 is 10.6 Å². The molecule has 0 fully saturated rings. The largest absolute Gasteiger partial charge is 0.805 e. The third-order valence-electron chi connectivity index (χ3n) is 3.56. The Hall–Kier alpha value is -2.22. The Morgan fingerprint density at radius 3 is 2.94 bits per heavy atom. The van der Waals surface area contributed by atoms with Crippen LogP contribution in [-0.2, 0) is 0 Å². The van der Waals surface area contributed by atoms with Crippen LogP contribution in [0.15, 0.2) is 48.6 Å². The molecule has 1 heterocycles. The van der Waals surface area contributed by atoms with Gasteiger partial charge >= 0.3 is 0 Å². The molecule has 0 aliphatic heterocycles. The Kier molecular flexibility index (Phi) is 1.52. The second-order valence-corrected chi connectivity index (χ2v) is 4.47. The molecule has 0 radical (unpaired) electrons. The quantitative estimate of drug-likeness (QED) is 0.663. The number of aromatic nitrogens is 1. The number of nitrogens with zero attached hydrogens (tertiary/aromatic N) is 1. The standard InChI is InChI=1S/C15H10NO/c17-16-14-8-4-3-7-12(14)13-9-10-5-1-2-6-11(10)15(13)16/h1-10H/q-1. The smallest absolute Gasteiger partial charge is 0.0482 e. The molecule has 2 aliphatic rings. The molecule has 1 aromatic heterocycles. The first kappa shape index (κ1) is 8.88. The number of hydrogen-bond donors (Lipinski definition) is 0. The van der Waals surface area contributed by atoms with Crippen LogP contribution in [0.2, 0.25) is 0 Å². The van der Waals surface area contributed by atoms with Crippen molar-refractivity contribution in [3.63, 3.8) is 0 Å². The fourth-order valence-corrected chi connectivity index (χ4v) is 2.80. The van der Waals surface area contributed by atoms with Crippen molar-refractivity contribution in [3.8, 4) is 0 Å². The average molecular weight is 220 g/mol. The van der Waals surface area contributed by atoms with Crippen LogP contribution in [0.25, 0.3) is 22.6 Å². The van der Waals surface area contributed by atoms with E-state index in [0.717, 1.165) is 31.8 Å². The van der Waals surface area contributed by atoms with Gasteiger partial charge in [-0.1, -0.05) is 48.6 Å². The number of para-hydroxylation sites is 1. The molecule has 82 valence electrons. The number of hydrogen-bond acceptors (Lipinski definition) is 1. The molecule has 17 heavy (non-hydrogen) atoms. The van der Waals surface area contributed by atoms with Crippen molar-refractivity contribution < 1.29 is 0 Å². The highest BCUT2D eigenvalue weighted by Crippen LogP contribution is 2.24. The Balaban J connectivity index is 2.29. The monoisotopic (exact) mass is 220 g/mol. The second-order valence-electron chi connectivity index (χ2n) is 4.47. The predicted molar refractivity (Wildman–Crippen MR) is 69.6 cm³/mol. The minimum absolute atomic E-state index is 0.273. The molecule has 0 spiro atoms. The number of rotatable bonds is 0. The molecule has 1 aromatic carbocycles. The molecule has 2 nitrogen and oxygen atoms in total. The molecular formula is C15H10NO-. The summed E-state index contributed by atoms with van der Waals surface area (Å²) in [6.45, 7) is 0. The fraction of sp³-hybridized carbons (Fsp3) is 0.0667. The first-order chi connectivity index (χ1) is 8.36. The molecule has 0 bridgehead atoms. The van der Waals surface area contributed by atoms with E-state index >= 15 is 0 Å². The van der Waals surface area contributed by atoms with Crippen molar-refractivity contribution in [2.75, 3.05) is 0 Å². The summed E-state index contributed by atoms with van der Waals surface area (Å²) >= 11 is 0. The predicted octanol–water partition coefficient (Wildman–Crippen LogP) is 1.67. The van der Waals surface area contributed by atoms with Gasteiger partial charge in [0.05, 0.1) is 0 Å². The summed E-state index contributed by atoms with van der Waals surface area (Å²) in [7, 11) is 0. The van der Waals surface area contributed by atoms with Gasteiger partial charge in [0.25, 0.3) is 0 Å². The van der Waals surface area contributed by atoms with Crippen molar-refractivity contribution in [1.82, 2.24) is 4.73 Å². The highest BCUT2D eigenvalue weighted by atomic mass is 16.5. The normalized spacial score (nSPS) is 20.5. The van der Waals surface area contributed by atoms with E-state index in [1.807, 2.05) is 42.5 Å². The molecule has 0 amide bonds. The second kappa shape index (κ2) is 2.92. The third kappa shape index (κ3) is 0.998. The van der Waals surface area contributed by atoms with Gasteiger partial charge in [-0.2, -0.15) is 0 Å². The third-order valence-corrected chi connectivity index (χ3v) is 3.56. The highest BCUT2D eigenvalue weighted by molar-refractivity contribution is 5.87. The highest BCUT2D eigenvalue weighted by Gasteiger charge is 2.18. The fourth-order valence-electron chi connectivity index (χ4n) is 2.80. The van der Waals surface area contributed by atoms with Crippen LogP contribution in [0.1, 0.15) is 0 Å². The molecule has 1 unspecified atom stereocenters. The van der Waals surface area contributed by atoms with Crippen LogP contribution in [0.5, 0.6) is 0 Å². The van der Waals surface area contributed by atoms with Gasteiger partial charge in [0, 0.05) is 27.4 Å². The number of fused-ring (bicyclic) bond motifs is 4. The van der Waals surface area contributed by atoms with E-state index in [9.17, 15) is 5.21 Å². The van der Waals surface area contributed by atoms with Crippen LogP contribution in [0.4, 0.5) is 0 Å². The van der Waals surface area contributed by atoms with Gasteiger partial charge in [-0.25, -0.2) is 0 Å². The molecule has 4 rings (SSSR count).